The molecule has 0 unspecified atom stereocenters. The van der Waals surface area contributed by atoms with Crippen molar-refractivity contribution in [1.29, 1.82) is 0 Å². The van der Waals surface area contributed by atoms with Gasteiger partial charge in [-0.25, -0.2) is 0 Å². The second-order valence-corrected chi connectivity index (χ2v) is 17.2. The van der Waals surface area contributed by atoms with Crippen molar-refractivity contribution in [3.63, 3.8) is 0 Å². The lowest BCUT2D eigenvalue weighted by atomic mass is 10.0. The zero-order chi connectivity index (χ0) is 23.5. The molecule has 0 bridgehead atoms. The first-order valence-corrected chi connectivity index (χ1v) is 16.9. The molecule has 0 fully saturated rings. The van der Waals surface area contributed by atoms with Crippen LogP contribution in [-0.2, 0) is 0 Å². The average Bonchev–Trinajstić information content (AvgIpc) is 3.36. The Bertz CT molecular complexity index is 1290. The first-order chi connectivity index (χ1) is 16.5. The lowest BCUT2D eigenvalue weighted by Gasteiger charge is -2.26. The summed E-state index contributed by atoms with van der Waals surface area (Å²) in [4.78, 5) is 0. The van der Waals surface area contributed by atoms with Crippen LogP contribution in [0.3, 0.4) is 0 Å². The fourth-order valence-electron chi connectivity index (χ4n) is 4.58. The molecule has 4 aromatic carbocycles. The van der Waals surface area contributed by atoms with Crippen molar-refractivity contribution < 1.29 is 0 Å². The van der Waals surface area contributed by atoms with Crippen LogP contribution in [0.1, 0.15) is 17.5 Å². The molecule has 0 nitrogen and oxygen atoms in total. The first-order valence-electron chi connectivity index (χ1n) is 12.0. The van der Waals surface area contributed by atoms with E-state index in [4.69, 9.17) is 0 Å². The number of rotatable bonds is 6. The predicted molar refractivity (Wildman–Crippen MR) is 155 cm³/mol. The minimum absolute atomic E-state index is 0.657. The molecule has 0 atom stereocenters. The van der Waals surface area contributed by atoms with Crippen LogP contribution in [0.5, 0.6) is 0 Å². The second-order valence-electron chi connectivity index (χ2n) is 9.89. The van der Waals surface area contributed by atoms with E-state index in [1.165, 1.54) is 43.4 Å². The van der Waals surface area contributed by atoms with Gasteiger partial charge in [0.25, 0.3) is 0 Å². The Morgan fingerprint density at radius 3 is 1.76 bits per heavy atom. The van der Waals surface area contributed by atoms with Gasteiger partial charge in [-0.1, -0.05) is 146 Å². The molecule has 0 saturated carbocycles. The molecule has 0 aromatic heterocycles. The lowest BCUT2D eigenvalue weighted by Crippen LogP contribution is -2.40. The molecule has 0 radical (unpaired) electrons. The second kappa shape index (κ2) is 9.70. The fraction of sp³-hybridized carbons (Fsp3) is 0.125. The largest absolute Gasteiger partial charge is 0.0776 e. The Morgan fingerprint density at radius 1 is 0.647 bits per heavy atom. The molecular weight excluding hydrogens is 443 g/mol. The smallest absolute Gasteiger partial charge is 0.0722 e. The molecule has 5 rings (SSSR count). The highest BCUT2D eigenvalue weighted by molar-refractivity contribution is 7.80. The maximum Gasteiger partial charge on any atom is 0.0776 e. The number of allylic oxidation sites excluding steroid dienone is 4. The molecule has 0 spiro atoms. The highest BCUT2D eigenvalue weighted by Crippen LogP contribution is 2.39. The molecule has 0 aliphatic heterocycles. The lowest BCUT2D eigenvalue weighted by molar-refractivity contribution is 1.44. The Morgan fingerprint density at radius 2 is 1.21 bits per heavy atom. The van der Waals surface area contributed by atoms with E-state index >= 15 is 0 Å². The van der Waals surface area contributed by atoms with Crippen molar-refractivity contribution in [3.05, 3.63) is 132 Å². The Labute approximate surface area is 206 Å². The monoisotopic (exact) mass is 474 g/mol. The Kier molecular flexibility index (Phi) is 6.50. The van der Waals surface area contributed by atoms with E-state index in [-0.39, 0.29) is 0 Å². The van der Waals surface area contributed by atoms with Crippen molar-refractivity contribution in [3.8, 4) is 0 Å². The van der Waals surface area contributed by atoms with Crippen molar-refractivity contribution >= 4 is 48.2 Å². The SMILES string of the molecule is C[Si](C)(C)c1ccc(C2=CC(c3ccccc3)=CC2)c(P(c2ccccc2)c2ccccc2)c1. The van der Waals surface area contributed by atoms with Gasteiger partial charge in [-0.3, -0.25) is 0 Å². The van der Waals surface area contributed by atoms with Gasteiger partial charge in [0.15, 0.2) is 0 Å². The highest BCUT2D eigenvalue weighted by atomic mass is 31.1. The predicted octanol–water partition coefficient (Wildman–Crippen LogP) is 6.86. The van der Waals surface area contributed by atoms with Gasteiger partial charge in [-0.15, -0.1) is 0 Å². The van der Waals surface area contributed by atoms with Crippen LogP contribution >= 0.6 is 7.92 Å². The summed E-state index contributed by atoms with van der Waals surface area (Å²) in [5.41, 5.74) is 5.46. The van der Waals surface area contributed by atoms with E-state index < -0.39 is 16.0 Å². The third-order valence-corrected chi connectivity index (χ3v) is 11.0. The normalized spacial score (nSPS) is 13.6. The molecule has 2 heteroatoms. The van der Waals surface area contributed by atoms with Crippen LogP contribution < -0.4 is 21.1 Å². The van der Waals surface area contributed by atoms with E-state index in [2.05, 4.69) is 141 Å². The van der Waals surface area contributed by atoms with E-state index in [9.17, 15) is 0 Å². The van der Waals surface area contributed by atoms with Crippen molar-refractivity contribution in [2.45, 2.75) is 26.1 Å². The minimum Gasteiger partial charge on any atom is -0.0722 e. The van der Waals surface area contributed by atoms with Gasteiger partial charge in [0.05, 0.1) is 8.07 Å². The standard InChI is InChI=1S/C32H31PSi/c1-34(2,3)30-21-22-31(27-20-19-26(23-27)25-13-7-4-8-14-25)32(24-30)33(28-15-9-5-10-16-28)29-17-11-6-12-18-29/h4-19,21-24H,20H2,1-3H3. The van der Waals surface area contributed by atoms with Crippen molar-refractivity contribution in [1.82, 2.24) is 0 Å². The maximum atomic E-state index is 2.55. The molecule has 0 saturated heterocycles. The van der Waals surface area contributed by atoms with E-state index in [1.807, 2.05) is 0 Å². The summed E-state index contributed by atoms with van der Waals surface area (Å²) in [6, 6.07) is 40.3. The Hall–Kier alpha value is -2.99. The van der Waals surface area contributed by atoms with Gasteiger partial charge in [0.2, 0.25) is 0 Å². The summed E-state index contributed by atoms with van der Waals surface area (Å²) < 4.78 is 0. The van der Waals surface area contributed by atoms with Gasteiger partial charge in [-0.2, -0.15) is 0 Å². The number of benzene rings is 4. The third kappa shape index (κ3) is 4.78. The molecule has 0 N–H and O–H groups in total. The summed E-state index contributed by atoms with van der Waals surface area (Å²) in [5, 5.41) is 5.83. The third-order valence-electron chi connectivity index (χ3n) is 6.46. The number of hydrogen-bond donors (Lipinski definition) is 0. The molecule has 1 aliphatic rings. The zero-order valence-corrected chi connectivity index (χ0v) is 22.1. The number of hydrogen-bond acceptors (Lipinski definition) is 0. The summed E-state index contributed by atoms with van der Waals surface area (Å²) in [5.74, 6) is 0. The van der Waals surface area contributed by atoms with E-state index in [0.29, 0.717) is 0 Å². The van der Waals surface area contributed by atoms with Crippen LogP contribution in [0.25, 0.3) is 11.1 Å². The maximum absolute atomic E-state index is 2.55. The van der Waals surface area contributed by atoms with Crippen LogP contribution in [0.15, 0.2) is 121 Å². The van der Waals surface area contributed by atoms with E-state index in [0.717, 1.165) is 6.42 Å². The molecule has 4 aromatic rings. The highest BCUT2D eigenvalue weighted by Gasteiger charge is 2.25. The van der Waals surface area contributed by atoms with Gasteiger partial charge in [-0.05, 0) is 52.5 Å². The van der Waals surface area contributed by atoms with E-state index in [1.54, 1.807) is 0 Å². The topological polar surface area (TPSA) is 0 Å². The summed E-state index contributed by atoms with van der Waals surface area (Å²) in [6.07, 6.45) is 5.77. The van der Waals surface area contributed by atoms with Crippen LogP contribution in [-0.4, -0.2) is 8.07 Å². The fourth-order valence-corrected chi connectivity index (χ4v) is 8.39. The molecule has 0 heterocycles. The summed E-state index contributed by atoms with van der Waals surface area (Å²) in [6.45, 7) is 7.34. The molecule has 0 amide bonds. The van der Waals surface area contributed by atoms with Crippen LogP contribution in [0.2, 0.25) is 19.6 Å². The minimum atomic E-state index is -1.46. The van der Waals surface area contributed by atoms with Gasteiger partial charge >= 0.3 is 0 Å². The molecule has 34 heavy (non-hydrogen) atoms. The quantitative estimate of drug-likeness (QED) is 0.211. The van der Waals surface area contributed by atoms with Crippen LogP contribution in [0.4, 0.5) is 0 Å². The van der Waals surface area contributed by atoms with Crippen molar-refractivity contribution in [2.24, 2.45) is 0 Å². The van der Waals surface area contributed by atoms with Gasteiger partial charge in [0, 0.05) is 0 Å². The average molecular weight is 475 g/mol. The zero-order valence-electron chi connectivity index (χ0n) is 20.2. The summed E-state index contributed by atoms with van der Waals surface area (Å²) in [7, 11) is -2.12. The molecular formula is C32H31PSi. The van der Waals surface area contributed by atoms with Gasteiger partial charge < -0.3 is 0 Å². The Balaban J connectivity index is 1.69. The first kappa shape index (κ1) is 22.8. The molecule has 1 aliphatic carbocycles. The van der Waals surface area contributed by atoms with Crippen LogP contribution in [0, 0.1) is 0 Å². The van der Waals surface area contributed by atoms with Gasteiger partial charge in [0.1, 0.15) is 0 Å². The van der Waals surface area contributed by atoms with Crippen molar-refractivity contribution in [2.75, 3.05) is 0 Å². The summed E-state index contributed by atoms with van der Waals surface area (Å²) >= 11 is 0. The molecule has 168 valence electrons.